The van der Waals surface area contributed by atoms with Crippen LogP contribution in [0.5, 0.6) is 0 Å². The van der Waals surface area contributed by atoms with Crippen LogP contribution in [-0.2, 0) is 0 Å². The lowest BCUT2D eigenvalue weighted by Gasteiger charge is -2.26. The minimum Gasteiger partial charge on any atom is -0.399 e. The summed E-state index contributed by atoms with van der Waals surface area (Å²) in [4.78, 5) is 2.28. The summed E-state index contributed by atoms with van der Waals surface area (Å²) in [6, 6.07) is 46.3. The van der Waals surface area contributed by atoms with E-state index in [1.807, 2.05) is 24.3 Å². The lowest BCUT2D eigenvalue weighted by atomic mass is 10.0. The zero-order valence-electron chi connectivity index (χ0n) is 17.7. The fourth-order valence-corrected chi connectivity index (χ4v) is 3.98. The van der Waals surface area contributed by atoms with Crippen LogP contribution in [0.25, 0.3) is 22.3 Å². The number of nitrogens with zero attached hydrogens (tertiary/aromatic N) is 1. The molecule has 32 heavy (non-hydrogen) atoms. The van der Waals surface area contributed by atoms with Crippen molar-refractivity contribution in [3.63, 3.8) is 0 Å². The van der Waals surface area contributed by atoms with Gasteiger partial charge in [-0.25, -0.2) is 0 Å². The maximum absolute atomic E-state index is 5.99. The quantitative estimate of drug-likeness (QED) is 0.296. The molecule has 0 unspecified atom stereocenters. The highest BCUT2D eigenvalue weighted by Crippen LogP contribution is 2.38. The molecule has 0 saturated carbocycles. The molecule has 0 aliphatic heterocycles. The van der Waals surface area contributed by atoms with Gasteiger partial charge in [-0.1, -0.05) is 84.9 Å². The molecule has 0 spiro atoms. The molecule has 0 saturated heterocycles. The molecule has 5 rings (SSSR count). The molecule has 0 aliphatic rings. The van der Waals surface area contributed by atoms with Crippen LogP contribution in [0.15, 0.2) is 133 Å². The van der Waals surface area contributed by atoms with E-state index >= 15 is 0 Å². The second-order valence-corrected chi connectivity index (χ2v) is 7.76. The molecular weight excluding hydrogens is 388 g/mol. The number of rotatable bonds is 5. The molecule has 0 amide bonds. The number of nitrogens with two attached hydrogens (primary N) is 1. The first-order chi connectivity index (χ1) is 15.8. The molecular formula is C30H24N2. The van der Waals surface area contributed by atoms with Crippen molar-refractivity contribution in [3.8, 4) is 22.3 Å². The van der Waals surface area contributed by atoms with Gasteiger partial charge in [-0.15, -0.1) is 0 Å². The molecule has 0 heterocycles. The third kappa shape index (κ3) is 4.12. The number of benzene rings is 5. The van der Waals surface area contributed by atoms with Crippen molar-refractivity contribution >= 4 is 22.7 Å². The SMILES string of the molecule is Nc1ccc(N(c2cccc(-c3ccccc3)c2)c2cccc(-c3ccccc3)c2)cc1. The van der Waals surface area contributed by atoms with Gasteiger partial charge in [0.05, 0.1) is 0 Å². The van der Waals surface area contributed by atoms with Crippen LogP contribution in [0.2, 0.25) is 0 Å². The van der Waals surface area contributed by atoms with E-state index in [-0.39, 0.29) is 0 Å². The summed E-state index contributed by atoms with van der Waals surface area (Å²) in [7, 11) is 0. The second-order valence-electron chi connectivity index (χ2n) is 7.76. The second kappa shape index (κ2) is 8.83. The zero-order valence-corrected chi connectivity index (χ0v) is 17.7. The van der Waals surface area contributed by atoms with Crippen molar-refractivity contribution in [1.29, 1.82) is 0 Å². The third-order valence-electron chi connectivity index (χ3n) is 5.57. The first-order valence-electron chi connectivity index (χ1n) is 10.7. The summed E-state index contributed by atoms with van der Waals surface area (Å²) >= 11 is 0. The summed E-state index contributed by atoms with van der Waals surface area (Å²) in [5, 5.41) is 0. The average molecular weight is 413 g/mol. The fourth-order valence-electron chi connectivity index (χ4n) is 3.98. The van der Waals surface area contributed by atoms with Crippen molar-refractivity contribution in [2.75, 3.05) is 10.6 Å². The van der Waals surface area contributed by atoms with Gasteiger partial charge in [-0.3, -0.25) is 0 Å². The smallest absolute Gasteiger partial charge is 0.0467 e. The van der Waals surface area contributed by atoms with Gasteiger partial charge in [0.15, 0.2) is 0 Å². The predicted molar refractivity (Wildman–Crippen MR) is 136 cm³/mol. The van der Waals surface area contributed by atoms with E-state index < -0.39 is 0 Å². The minimum absolute atomic E-state index is 0.754. The van der Waals surface area contributed by atoms with E-state index in [4.69, 9.17) is 5.73 Å². The van der Waals surface area contributed by atoms with E-state index in [2.05, 4.69) is 114 Å². The molecule has 2 N–H and O–H groups in total. The Morgan fingerprint density at radius 2 is 0.812 bits per heavy atom. The monoisotopic (exact) mass is 412 g/mol. The Hall–Kier alpha value is -4.30. The first-order valence-corrected chi connectivity index (χ1v) is 10.7. The summed E-state index contributed by atoms with van der Waals surface area (Å²) < 4.78 is 0. The molecule has 0 radical (unpaired) electrons. The third-order valence-corrected chi connectivity index (χ3v) is 5.57. The Morgan fingerprint density at radius 3 is 1.28 bits per heavy atom. The van der Waals surface area contributed by atoms with Crippen LogP contribution in [0, 0.1) is 0 Å². The minimum atomic E-state index is 0.754. The normalized spacial score (nSPS) is 10.6. The van der Waals surface area contributed by atoms with Crippen LogP contribution in [0.4, 0.5) is 22.7 Å². The van der Waals surface area contributed by atoms with Gasteiger partial charge < -0.3 is 10.6 Å². The van der Waals surface area contributed by atoms with E-state index in [0.717, 1.165) is 22.7 Å². The summed E-state index contributed by atoms with van der Waals surface area (Å²) in [5.41, 5.74) is 14.8. The molecule has 0 aromatic heterocycles. The van der Waals surface area contributed by atoms with Crippen molar-refractivity contribution < 1.29 is 0 Å². The highest BCUT2D eigenvalue weighted by atomic mass is 15.1. The molecule has 154 valence electrons. The summed E-state index contributed by atoms with van der Waals surface area (Å²) in [6.45, 7) is 0. The van der Waals surface area contributed by atoms with E-state index in [0.29, 0.717) is 0 Å². The number of hydrogen-bond acceptors (Lipinski definition) is 2. The molecule has 5 aromatic rings. The van der Waals surface area contributed by atoms with Gasteiger partial charge in [-0.05, 0) is 70.8 Å². The van der Waals surface area contributed by atoms with Crippen molar-refractivity contribution in [3.05, 3.63) is 133 Å². The van der Waals surface area contributed by atoms with Crippen LogP contribution < -0.4 is 10.6 Å². The summed E-state index contributed by atoms with van der Waals surface area (Å²) in [6.07, 6.45) is 0. The van der Waals surface area contributed by atoms with E-state index in [1.54, 1.807) is 0 Å². The molecule has 2 heteroatoms. The average Bonchev–Trinajstić information content (AvgIpc) is 2.87. The molecule has 0 fully saturated rings. The molecule has 0 aliphatic carbocycles. The highest BCUT2D eigenvalue weighted by molar-refractivity contribution is 5.82. The summed E-state index contributed by atoms with van der Waals surface area (Å²) in [5.74, 6) is 0. The first kappa shape index (κ1) is 19.7. The lowest BCUT2D eigenvalue weighted by Crippen LogP contribution is -2.10. The maximum Gasteiger partial charge on any atom is 0.0467 e. The Morgan fingerprint density at radius 1 is 0.375 bits per heavy atom. The van der Waals surface area contributed by atoms with Crippen molar-refractivity contribution in [1.82, 2.24) is 0 Å². The van der Waals surface area contributed by atoms with Crippen molar-refractivity contribution in [2.24, 2.45) is 0 Å². The van der Waals surface area contributed by atoms with Crippen molar-refractivity contribution in [2.45, 2.75) is 0 Å². The zero-order chi connectivity index (χ0) is 21.8. The Labute approximate surface area is 189 Å². The van der Waals surface area contributed by atoms with Crippen LogP contribution in [0.1, 0.15) is 0 Å². The Balaban J connectivity index is 1.64. The highest BCUT2D eigenvalue weighted by Gasteiger charge is 2.14. The predicted octanol–water partition coefficient (Wildman–Crippen LogP) is 8.07. The van der Waals surface area contributed by atoms with Gasteiger partial charge in [0.2, 0.25) is 0 Å². The molecule has 2 nitrogen and oxygen atoms in total. The Bertz CT molecular complexity index is 1230. The van der Waals surface area contributed by atoms with Crippen LogP contribution >= 0.6 is 0 Å². The molecule has 0 bridgehead atoms. The van der Waals surface area contributed by atoms with Gasteiger partial charge in [0.1, 0.15) is 0 Å². The van der Waals surface area contributed by atoms with Gasteiger partial charge in [-0.2, -0.15) is 0 Å². The molecule has 5 aromatic carbocycles. The molecule has 0 atom stereocenters. The van der Waals surface area contributed by atoms with E-state index in [9.17, 15) is 0 Å². The largest absolute Gasteiger partial charge is 0.399 e. The number of anilines is 4. The lowest BCUT2D eigenvalue weighted by molar-refractivity contribution is 1.28. The number of nitrogen functional groups attached to an aromatic ring is 1. The van der Waals surface area contributed by atoms with Gasteiger partial charge in [0, 0.05) is 22.7 Å². The van der Waals surface area contributed by atoms with Crippen LogP contribution in [0.3, 0.4) is 0 Å². The standard InChI is InChI=1S/C30H24N2/c31-27-17-19-28(20-18-27)32(29-15-7-13-25(21-29)23-9-3-1-4-10-23)30-16-8-14-26(22-30)24-11-5-2-6-12-24/h1-22H,31H2. The Kier molecular flexibility index (Phi) is 5.42. The maximum atomic E-state index is 5.99. The van der Waals surface area contributed by atoms with Gasteiger partial charge in [0.25, 0.3) is 0 Å². The topological polar surface area (TPSA) is 29.3 Å². The number of hydrogen-bond donors (Lipinski definition) is 1. The van der Waals surface area contributed by atoms with E-state index in [1.165, 1.54) is 22.3 Å². The fraction of sp³-hybridized carbons (Fsp3) is 0. The van der Waals surface area contributed by atoms with Crippen LogP contribution in [-0.4, -0.2) is 0 Å². The van der Waals surface area contributed by atoms with Gasteiger partial charge >= 0.3 is 0 Å².